The second kappa shape index (κ2) is 6.23. The maximum atomic E-state index is 14.5. The number of hydrogen-bond acceptors (Lipinski definition) is 2. The number of rotatable bonds is 2. The fourth-order valence-corrected chi connectivity index (χ4v) is 3.06. The molecule has 0 N–H and O–H groups in total. The molecule has 0 saturated heterocycles. The number of benzene rings is 3. The van der Waals surface area contributed by atoms with E-state index in [-0.39, 0.29) is 5.56 Å². The molecule has 128 valence electrons. The number of nitrogens with zero attached hydrogens (tertiary/aromatic N) is 2. The van der Waals surface area contributed by atoms with Crippen molar-refractivity contribution in [1.82, 2.24) is 9.55 Å². The Kier molecular flexibility index (Phi) is 3.88. The van der Waals surface area contributed by atoms with E-state index in [1.165, 1.54) is 10.6 Å². The molecule has 0 aliphatic rings. The number of halogens is 1. The minimum Gasteiger partial charge on any atom is -0.268 e. The Labute approximate surface area is 150 Å². The molecular formula is C22H17FN2O. The van der Waals surface area contributed by atoms with E-state index < -0.39 is 5.82 Å². The number of aryl methyl sites for hydroxylation is 2. The lowest BCUT2D eigenvalue weighted by Crippen LogP contribution is -2.22. The van der Waals surface area contributed by atoms with Gasteiger partial charge in [-0.25, -0.2) is 9.37 Å². The van der Waals surface area contributed by atoms with E-state index in [1.807, 2.05) is 38.1 Å². The lowest BCUT2D eigenvalue weighted by Gasteiger charge is -2.15. The molecule has 0 aliphatic heterocycles. The topological polar surface area (TPSA) is 34.9 Å². The van der Waals surface area contributed by atoms with Crippen LogP contribution in [0.15, 0.2) is 71.5 Å². The van der Waals surface area contributed by atoms with Crippen molar-refractivity contribution in [2.45, 2.75) is 13.8 Å². The third-order valence-corrected chi connectivity index (χ3v) is 4.64. The van der Waals surface area contributed by atoms with Gasteiger partial charge in [-0.15, -0.1) is 0 Å². The summed E-state index contributed by atoms with van der Waals surface area (Å²) < 4.78 is 16.0. The molecule has 0 spiro atoms. The molecule has 0 radical (unpaired) electrons. The van der Waals surface area contributed by atoms with Crippen molar-refractivity contribution < 1.29 is 4.39 Å². The predicted molar refractivity (Wildman–Crippen MR) is 102 cm³/mol. The molecule has 0 aliphatic carbocycles. The number of fused-ring (bicyclic) bond motifs is 1. The van der Waals surface area contributed by atoms with E-state index >= 15 is 0 Å². The van der Waals surface area contributed by atoms with Gasteiger partial charge in [-0.05, 0) is 61.4 Å². The van der Waals surface area contributed by atoms with Crippen LogP contribution in [0.5, 0.6) is 0 Å². The van der Waals surface area contributed by atoms with E-state index in [0.29, 0.717) is 28.0 Å². The van der Waals surface area contributed by atoms with Gasteiger partial charge in [0, 0.05) is 0 Å². The van der Waals surface area contributed by atoms with E-state index in [2.05, 4.69) is 4.98 Å². The molecule has 0 atom stereocenters. The Balaban J connectivity index is 2.14. The maximum Gasteiger partial charge on any atom is 0.266 e. The third kappa shape index (κ3) is 2.60. The molecule has 4 aromatic rings. The fourth-order valence-electron chi connectivity index (χ4n) is 3.06. The Morgan fingerprint density at radius 2 is 1.62 bits per heavy atom. The average molecular weight is 344 g/mol. The van der Waals surface area contributed by atoms with Crippen molar-refractivity contribution in [3.63, 3.8) is 0 Å². The van der Waals surface area contributed by atoms with Gasteiger partial charge in [-0.3, -0.25) is 9.36 Å². The second-order valence-corrected chi connectivity index (χ2v) is 6.34. The highest BCUT2D eigenvalue weighted by Gasteiger charge is 2.17. The van der Waals surface area contributed by atoms with E-state index in [4.69, 9.17) is 0 Å². The zero-order valence-electron chi connectivity index (χ0n) is 14.5. The molecule has 26 heavy (non-hydrogen) atoms. The maximum absolute atomic E-state index is 14.5. The van der Waals surface area contributed by atoms with Crippen molar-refractivity contribution in [2.75, 3.05) is 0 Å². The summed E-state index contributed by atoms with van der Waals surface area (Å²) >= 11 is 0. The van der Waals surface area contributed by atoms with Gasteiger partial charge in [0.15, 0.2) is 5.82 Å². The Hall–Kier alpha value is -3.27. The summed E-state index contributed by atoms with van der Waals surface area (Å²) in [5, 5.41) is 0.505. The summed E-state index contributed by atoms with van der Waals surface area (Å²) in [5.74, 6) is -0.109. The Morgan fingerprint density at radius 1 is 0.885 bits per heavy atom. The summed E-state index contributed by atoms with van der Waals surface area (Å²) in [7, 11) is 0. The number of para-hydroxylation sites is 1. The lowest BCUT2D eigenvalue weighted by molar-refractivity contribution is 0.629. The Bertz CT molecular complexity index is 1190. The molecule has 0 amide bonds. The van der Waals surface area contributed by atoms with Gasteiger partial charge < -0.3 is 0 Å². The molecule has 1 aromatic heterocycles. The van der Waals surface area contributed by atoms with E-state index in [0.717, 1.165) is 11.1 Å². The number of hydrogen-bond donors (Lipinski definition) is 0. The van der Waals surface area contributed by atoms with Crippen LogP contribution in [0.1, 0.15) is 11.1 Å². The standard InChI is InChI=1S/C22H17FN2O/c1-14-11-12-16(13-15(14)2)25-21(17-7-3-5-9-19(17)23)24-20-10-6-4-8-18(20)22(25)26/h3-13H,1-2H3. The van der Waals surface area contributed by atoms with Crippen LogP contribution in [-0.4, -0.2) is 9.55 Å². The fraction of sp³-hybridized carbons (Fsp3) is 0.0909. The first kappa shape index (κ1) is 16.2. The highest BCUT2D eigenvalue weighted by molar-refractivity contribution is 5.80. The highest BCUT2D eigenvalue weighted by atomic mass is 19.1. The molecule has 4 heteroatoms. The van der Waals surface area contributed by atoms with Crippen LogP contribution in [0, 0.1) is 19.7 Å². The molecule has 0 saturated carbocycles. The summed E-state index contributed by atoms with van der Waals surface area (Å²) in [6.07, 6.45) is 0. The minimum absolute atomic E-state index is 0.211. The van der Waals surface area contributed by atoms with Gasteiger partial charge in [0.05, 0.1) is 22.2 Å². The first-order valence-corrected chi connectivity index (χ1v) is 8.40. The minimum atomic E-state index is -0.410. The monoisotopic (exact) mass is 344 g/mol. The van der Waals surface area contributed by atoms with Crippen LogP contribution >= 0.6 is 0 Å². The Morgan fingerprint density at radius 3 is 2.38 bits per heavy atom. The predicted octanol–water partition coefficient (Wildman–Crippen LogP) is 4.81. The van der Waals surface area contributed by atoms with E-state index in [1.54, 1.807) is 36.4 Å². The molecule has 1 heterocycles. The van der Waals surface area contributed by atoms with Crippen LogP contribution in [0.4, 0.5) is 4.39 Å². The normalized spacial score (nSPS) is 11.0. The first-order chi connectivity index (χ1) is 12.6. The molecule has 3 nitrogen and oxygen atoms in total. The van der Waals surface area contributed by atoms with Crippen LogP contribution in [0.25, 0.3) is 28.0 Å². The number of aromatic nitrogens is 2. The molecule has 0 fully saturated rings. The SMILES string of the molecule is Cc1ccc(-n2c(-c3ccccc3F)nc3ccccc3c2=O)cc1C. The van der Waals surface area contributed by atoms with Gasteiger partial charge in [0.25, 0.3) is 5.56 Å². The van der Waals surface area contributed by atoms with Crippen molar-refractivity contribution in [3.8, 4) is 17.1 Å². The molecule has 3 aromatic carbocycles. The van der Waals surface area contributed by atoms with Gasteiger partial charge in [0.2, 0.25) is 0 Å². The summed E-state index contributed by atoms with van der Waals surface area (Å²) in [6.45, 7) is 4.00. The van der Waals surface area contributed by atoms with Crippen LogP contribution < -0.4 is 5.56 Å². The molecule has 0 unspecified atom stereocenters. The summed E-state index contributed by atoms with van der Waals surface area (Å²) in [4.78, 5) is 17.8. The van der Waals surface area contributed by atoms with Gasteiger partial charge in [0.1, 0.15) is 5.82 Å². The highest BCUT2D eigenvalue weighted by Crippen LogP contribution is 2.25. The third-order valence-electron chi connectivity index (χ3n) is 4.64. The second-order valence-electron chi connectivity index (χ2n) is 6.34. The molecular weight excluding hydrogens is 327 g/mol. The first-order valence-electron chi connectivity index (χ1n) is 8.40. The molecule has 4 rings (SSSR count). The average Bonchev–Trinajstić information content (AvgIpc) is 2.65. The molecule has 0 bridgehead atoms. The van der Waals surface area contributed by atoms with Crippen molar-refractivity contribution in [3.05, 3.63) is 94.0 Å². The van der Waals surface area contributed by atoms with Crippen LogP contribution in [-0.2, 0) is 0 Å². The van der Waals surface area contributed by atoms with Gasteiger partial charge >= 0.3 is 0 Å². The summed E-state index contributed by atoms with van der Waals surface area (Å²) in [6, 6.07) is 19.3. The van der Waals surface area contributed by atoms with Crippen LogP contribution in [0.2, 0.25) is 0 Å². The quantitative estimate of drug-likeness (QED) is 0.523. The smallest absolute Gasteiger partial charge is 0.266 e. The zero-order chi connectivity index (χ0) is 18.3. The lowest BCUT2D eigenvalue weighted by atomic mass is 10.1. The van der Waals surface area contributed by atoms with Crippen molar-refractivity contribution >= 4 is 10.9 Å². The van der Waals surface area contributed by atoms with Gasteiger partial charge in [-0.1, -0.05) is 30.3 Å². The largest absolute Gasteiger partial charge is 0.268 e. The van der Waals surface area contributed by atoms with E-state index in [9.17, 15) is 9.18 Å². The zero-order valence-corrected chi connectivity index (χ0v) is 14.5. The van der Waals surface area contributed by atoms with Crippen LogP contribution in [0.3, 0.4) is 0 Å². The van der Waals surface area contributed by atoms with Gasteiger partial charge in [-0.2, -0.15) is 0 Å². The van der Waals surface area contributed by atoms with Crippen molar-refractivity contribution in [2.24, 2.45) is 0 Å². The van der Waals surface area contributed by atoms with Crippen molar-refractivity contribution in [1.29, 1.82) is 0 Å². The summed E-state index contributed by atoms with van der Waals surface area (Å²) in [5.41, 5.74) is 3.50.